The molecule has 0 heterocycles. The van der Waals surface area contributed by atoms with Crippen LogP contribution in [-0.4, -0.2) is 19.8 Å². The number of hydrogen-bond acceptors (Lipinski definition) is 3. The number of hydrogen-bond donors (Lipinski definition) is 0. The summed E-state index contributed by atoms with van der Waals surface area (Å²) in [5, 5.41) is 0. The molecule has 0 N–H and O–H groups in total. The molecule has 110 valence electrons. The van der Waals surface area contributed by atoms with Gasteiger partial charge in [-0.2, -0.15) is 0 Å². The number of rotatable bonds is 13. The van der Waals surface area contributed by atoms with Gasteiger partial charge in [0, 0.05) is 0 Å². The molecule has 0 amide bonds. The zero-order valence-electron chi connectivity index (χ0n) is 12.8. The van der Waals surface area contributed by atoms with Crippen LogP contribution in [0.3, 0.4) is 0 Å². The standard InChI is InChI=1S/3C4H9O.C2H5.Zr/c3*1-2-3-4-5;1-2;/h3*2-4H2,1H3;1H2,2H3;/q3*-1;;+3. The second-order valence-electron chi connectivity index (χ2n) is 4.64. The molecular formula is C14H32O3Zr. The Morgan fingerprint density at radius 1 is 0.611 bits per heavy atom. The first-order valence-electron chi connectivity index (χ1n) is 7.66. The zero-order chi connectivity index (χ0) is 13.7. The fourth-order valence-corrected chi connectivity index (χ4v) is 7.02. The van der Waals surface area contributed by atoms with Gasteiger partial charge in [-0.3, -0.25) is 0 Å². The van der Waals surface area contributed by atoms with Crippen LogP contribution >= 0.6 is 0 Å². The van der Waals surface area contributed by atoms with E-state index in [0.29, 0.717) is 0 Å². The Bertz CT molecular complexity index is 150. The van der Waals surface area contributed by atoms with Gasteiger partial charge >= 0.3 is 120 Å². The van der Waals surface area contributed by atoms with Gasteiger partial charge in [0.15, 0.2) is 0 Å². The van der Waals surface area contributed by atoms with E-state index in [1.54, 1.807) is 0 Å². The fraction of sp³-hybridized carbons (Fsp3) is 1.00. The molecule has 0 bridgehead atoms. The molecule has 0 atom stereocenters. The van der Waals surface area contributed by atoms with E-state index in [1.165, 1.54) is 0 Å². The Labute approximate surface area is 120 Å². The second-order valence-corrected chi connectivity index (χ2v) is 11.9. The van der Waals surface area contributed by atoms with Crippen LogP contribution < -0.4 is 0 Å². The zero-order valence-corrected chi connectivity index (χ0v) is 15.3. The summed E-state index contributed by atoms with van der Waals surface area (Å²) in [6.45, 7) is 11.1. The van der Waals surface area contributed by atoms with E-state index in [2.05, 4.69) is 27.7 Å². The van der Waals surface area contributed by atoms with Crippen LogP contribution in [0.4, 0.5) is 0 Å². The summed E-state index contributed by atoms with van der Waals surface area (Å²) < 4.78 is 19.2. The van der Waals surface area contributed by atoms with Crippen molar-refractivity contribution in [2.24, 2.45) is 0 Å². The minimum absolute atomic E-state index is 0.804. The molecule has 0 saturated carbocycles. The average molecular weight is 340 g/mol. The molecule has 0 rings (SSSR count). The summed E-state index contributed by atoms with van der Waals surface area (Å²) in [5.41, 5.74) is 0. The molecule has 0 fully saturated rings. The topological polar surface area (TPSA) is 27.7 Å². The van der Waals surface area contributed by atoms with E-state index >= 15 is 0 Å². The van der Waals surface area contributed by atoms with E-state index in [9.17, 15) is 0 Å². The van der Waals surface area contributed by atoms with Gasteiger partial charge in [0.05, 0.1) is 0 Å². The Morgan fingerprint density at radius 3 is 1.17 bits per heavy atom. The molecule has 0 spiro atoms. The molecule has 0 aliphatic carbocycles. The molecule has 0 aromatic carbocycles. The molecule has 0 aliphatic heterocycles. The second kappa shape index (κ2) is 12.8. The third-order valence-corrected chi connectivity index (χ3v) is 9.77. The molecule has 4 heteroatoms. The van der Waals surface area contributed by atoms with E-state index in [4.69, 9.17) is 8.44 Å². The summed E-state index contributed by atoms with van der Waals surface area (Å²) in [6, 6.07) is 0. The van der Waals surface area contributed by atoms with Crippen molar-refractivity contribution in [1.82, 2.24) is 0 Å². The van der Waals surface area contributed by atoms with Gasteiger partial charge in [-0.1, -0.05) is 0 Å². The van der Waals surface area contributed by atoms with Crippen molar-refractivity contribution in [3.8, 4) is 0 Å². The van der Waals surface area contributed by atoms with E-state index in [0.717, 1.165) is 62.5 Å². The Kier molecular flexibility index (Phi) is 13.3. The molecule has 3 nitrogen and oxygen atoms in total. The maximum atomic E-state index is 6.08. The van der Waals surface area contributed by atoms with Gasteiger partial charge in [0.1, 0.15) is 0 Å². The molecule has 0 radical (unpaired) electrons. The van der Waals surface area contributed by atoms with Crippen molar-refractivity contribution in [2.45, 2.75) is 70.3 Å². The van der Waals surface area contributed by atoms with Gasteiger partial charge in [0.2, 0.25) is 0 Å². The van der Waals surface area contributed by atoms with Gasteiger partial charge in [-0.25, -0.2) is 0 Å². The molecule has 0 aliphatic rings. The van der Waals surface area contributed by atoms with E-state index in [1.807, 2.05) is 0 Å². The Hall–Kier alpha value is 0.763. The summed E-state index contributed by atoms with van der Waals surface area (Å²) in [7, 11) is 0. The first-order valence-corrected chi connectivity index (χ1v) is 12.4. The molecule has 18 heavy (non-hydrogen) atoms. The predicted molar refractivity (Wildman–Crippen MR) is 73.1 cm³/mol. The normalized spacial score (nSPS) is 12.0. The summed E-state index contributed by atoms with van der Waals surface area (Å²) in [4.78, 5) is 0. The van der Waals surface area contributed by atoms with Crippen LogP contribution in [0, 0.1) is 0 Å². The van der Waals surface area contributed by atoms with Crippen molar-refractivity contribution < 1.29 is 30.0 Å². The third kappa shape index (κ3) is 8.79. The first kappa shape index (κ1) is 18.8. The Balaban J connectivity index is 4.20. The molecule has 0 aromatic rings. The predicted octanol–water partition coefficient (Wildman–Crippen LogP) is 4.77. The van der Waals surface area contributed by atoms with Crippen LogP contribution in [-0.2, 0) is 30.0 Å². The van der Waals surface area contributed by atoms with Crippen LogP contribution in [0.15, 0.2) is 0 Å². The van der Waals surface area contributed by atoms with Crippen molar-refractivity contribution in [3.63, 3.8) is 0 Å². The van der Waals surface area contributed by atoms with Crippen molar-refractivity contribution in [2.75, 3.05) is 19.8 Å². The monoisotopic (exact) mass is 338 g/mol. The van der Waals surface area contributed by atoms with Crippen molar-refractivity contribution in [1.29, 1.82) is 0 Å². The Morgan fingerprint density at radius 2 is 0.944 bits per heavy atom. The van der Waals surface area contributed by atoms with Crippen LogP contribution in [0.1, 0.15) is 66.2 Å². The molecule has 0 aromatic heterocycles. The van der Waals surface area contributed by atoms with Crippen molar-refractivity contribution >= 4 is 0 Å². The molecule has 0 unspecified atom stereocenters. The van der Waals surface area contributed by atoms with Crippen molar-refractivity contribution in [3.05, 3.63) is 0 Å². The van der Waals surface area contributed by atoms with Crippen LogP contribution in [0.2, 0.25) is 4.13 Å². The maximum absolute atomic E-state index is 6.08. The van der Waals surface area contributed by atoms with E-state index < -0.39 is 21.6 Å². The first-order chi connectivity index (χ1) is 8.74. The van der Waals surface area contributed by atoms with Crippen LogP contribution in [0.25, 0.3) is 0 Å². The summed E-state index contributed by atoms with van der Waals surface area (Å²) >= 11 is -3.19. The molecular weight excluding hydrogens is 307 g/mol. The quantitative estimate of drug-likeness (QED) is 0.452. The molecule has 0 saturated heterocycles. The minimum atomic E-state index is -3.19. The van der Waals surface area contributed by atoms with Gasteiger partial charge < -0.3 is 0 Å². The van der Waals surface area contributed by atoms with Gasteiger partial charge in [0.25, 0.3) is 0 Å². The van der Waals surface area contributed by atoms with Gasteiger partial charge in [-0.15, -0.1) is 0 Å². The summed E-state index contributed by atoms with van der Waals surface area (Å²) in [5.74, 6) is 0. The number of unbranched alkanes of at least 4 members (excludes halogenated alkanes) is 3. The summed E-state index contributed by atoms with van der Waals surface area (Å²) in [6.07, 6.45) is 6.80. The fourth-order valence-electron chi connectivity index (χ4n) is 1.55. The van der Waals surface area contributed by atoms with Gasteiger partial charge in [-0.05, 0) is 0 Å². The average Bonchev–Trinajstić information content (AvgIpc) is 2.39. The SMILES string of the molecule is CCCC[O][Zr]([CH2]C)([O]CCCC)[O]CCCC. The van der Waals surface area contributed by atoms with E-state index in [-0.39, 0.29) is 0 Å². The van der Waals surface area contributed by atoms with Crippen LogP contribution in [0.5, 0.6) is 0 Å². The third-order valence-electron chi connectivity index (χ3n) is 2.89.